The van der Waals surface area contributed by atoms with Crippen molar-refractivity contribution in [3.8, 4) is 5.75 Å². The summed E-state index contributed by atoms with van der Waals surface area (Å²) in [5.41, 5.74) is 6.25. The molecule has 2 aromatic rings. The van der Waals surface area contributed by atoms with E-state index in [1.165, 1.54) is 0 Å². The molecule has 0 unspecified atom stereocenters. The number of thiocarbonyl (C=S) groups is 1. The van der Waals surface area contributed by atoms with Crippen LogP contribution in [0.5, 0.6) is 5.75 Å². The van der Waals surface area contributed by atoms with Gasteiger partial charge in [0.1, 0.15) is 5.75 Å². The summed E-state index contributed by atoms with van der Waals surface area (Å²) >= 11 is 10.9. The minimum atomic E-state index is -0.485. The van der Waals surface area contributed by atoms with Gasteiger partial charge in [-0.25, -0.2) is 0 Å². The Kier molecular flexibility index (Phi) is 9.04. The van der Waals surface area contributed by atoms with Gasteiger partial charge in [-0.05, 0) is 43.4 Å². The Bertz CT molecular complexity index is 921. The number of carbonyl (C=O) groups excluding carboxylic acids is 3. The van der Waals surface area contributed by atoms with E-state index < -0.39 is 11.8 Å². The number of anilines is 1. The Labute approximate surface area is 184 Å². The number of para-hydroxylation sites is 1. The van der Waals surface area contributed by atoms with Crippen molar-refractivity contribution in [3.63, 3.8) is 0 Å². The largest absolute Gasteiger partial charge is 0.484 e. The number of hydrogen-bond donors (Lipinski definition) is 4. The average Bonchev–Trinajstić information content (AvgIpc) is 2.72. The summed E-state index contributed by atoms with van der Waals surface area (Å²) in [6.07, 6.45) is -0.140. The molecular weight excluding hydrogens is 428 g/mol. The minimum Gasteiger partial charge on any atom is -0.484 e. The van der Waals surface area contributed by atoms with E-state index in [0.29, 0.717) is 16.5 Å². The molecule has 30 heavy (non-hydrogen) atoms. The van der Waals surface area contributed by atoms with Crippen LogP contribution in [0.25, 0.3) is 0 Å². The van der Waals surface area contributed by atoms with E-state index in [9.17, 15) is 14.4 Å². The van der Waals surface area contributed by atoms with Gasteiger partial charge in [0, 0.05) is 12.8 Å². The van der Waals surface area contributed by atoms with E-state index in [2.05, 4.69) is 21.5 Å². The number of amides is 3. The average molecular weight is 449 g/mol. The third-order valence-electron chi connectivity index (χ3n) is 3.69. The summed E-state index contributed by atoms with van der Waals surface area (Å²) in [4.78, 5) is 35.5. The van der Waals surface area contributed by atoms with Crippen molar-refractivity contribution in [2.45, 2.75) is 19.8 Å². The highest BCUT2D eigenvalue weighted by atomic mass is 35.5. The van der Waals surface area contributed by atoms with Crippen molar-refractivity contribution < 1.29 is 19.1 Å². The molecule has 0 aliphatic carbocycles. The van der Waals surface area contributed by atoms with Crippen LogP contribution >= 0.6 is 23.8 Å². The van der Waals surface area contributed by atoms with Crippen molar-refractivity contribution in [2.75, 3.05) is 11.9 Å². The molecule has 0 heterocycles. The molecule has 3 amide bonds. The number of rotatable bonds is 7. The number of ether oxygens (including phenoxy) is 1. The molecule has 10 heteroatoms. The fourth-order valence-corrected chi connectivity index (χ4v) is 2.52. The summed E-state index contributed by atoms with van der Waals surface area (Å²) in [5, 5.41) is 5.30. The van der Waals surface area contributed by atoms with Gasteiger partial charge in [0.05, 0.1) is 10.7 Å². The normalized spacial score (nSPS) is 9.93. The first kappa shape index (κ1) is 23.1. The zero-order valence-electron chi connectivity index (χ0n) is 16.2. The van der Waals surface area contributed by atoms with E-state index in [1.807, 2.05) is 19.1 Å². The maximum Gasteiger partial charge on any atom is 0.264 e. The lowest BCUT2D eigenvalue weighted by Crippen LogP contribution is -2.49. The van der Waals surface area contributed by atoms with Gasteiger partial charge in [0.2, 0.25) is 11.8 Å². The standard InChI is InChI=1S/C20H21ClN4O4S/c1-13-6-8-14(9-7-13)29-12-19(28)23-20(30)25-24-18(27)11-10-17(26)22-16-5-3-2-4-15(16)21/h2-9H,10-12H2,1H3,(H,22,26)(H,24,27)(H2,23,25,28,30). The number of hydrazine groups is 1. The molecule has 8 nitrogen and oxygen atoms in total. The quantitative estimate of drug-likeness (QED) is 0.383. The summed E-state index contributed by atoms with van der Waals surface area (Å²) in [6, 6.07) is 14.0. The predicted molar refractivity (Wildman–Crippen MR) is 118 cm³/mol. The van der Waals surface area contributed by atoms with Crippen LogP contribution < -0.4 is 26.2 Å². The lowest BCUT2D eigenvalue weighted by molar-refractivity contribution is -0.125. The molecule has 0 bridgehead atoms. The molecule has 0 saturated heterocycles. The number of nitrogens with one attached hydrogen (secondary N) is 4. The first-order valence-corrected chi connectivity index (χ1v) is 9.74. The topological polar surface area (TPSA) is 109 Å². The highest BCUT2D eigenvalue weighted by Gasteiger charge is 2.10. The van der Waals surface area contributed by atoms with Crippen LogP contribution in [-0.4, -0.2) is 29.4 Å². The third-order valence-corrected chi connectivity index (χ3v) is 4.22. The maximum atomic E-state index is 11.9. The molecule has 0 aromatic heterocycles. The molecule has 0 aliphatic rings. The SMILES string of the molecule is Cc1ccc(OCC(=O)NC(=S)NNC(=O)CCC(=O)Nc2ccccc2Cl)cc1. The van der Waals surface area contributed by atoms with Crippen LogP contribution in [-0.2, 0) is 14.4 Å². The van der Waals surface area contributed by atoms with Gasteiger partial charge in [-0.15, -0.1) is 0 Å². The minimum absolute atomic E-state index is 0.0533. The van der Waals surface area contributed by atoms with Gasteiger partial charge >= 0.3 is 0 Å². The summed E-state index contributed by atoms with van der Waals surface area (Å²) in [7, 11) is 0. The Balaban J connectivity index is 1.62. The van der Waals surface area contributed by atoms with Crippen molar-refractivity contribution in [1.29, 1.82) is 0 Å². The lowest BCUT2D eigenvalue weighted by Gasteiger charge is -2.11. The number of halogens is 1. The smallest absolute Gasteiger partial charge is 0.264 e. The molecule has 0 fully saturated rings. The van der Waals surface area contributed by atoms with Crippen LogP contribution in [0.3, 0.4) is 0 Å². The Hall–Kier alpha value is -3.17. The molecule has 0 aliphatic heterocycles. The summed E-state index contributed by atoms with van der Waals surface area (Å²) < 4.78 is 5.33. The Morgan fingerprint density at radius 3 is 2.30 bits per heavy atom. The van der Waals surface area contributed by atoms with Gasteiger partial charge in [-0.2, -0.15) is 0 Å². The molecule has 158 valence electrons. The third kappa shape index (κ3) is 8.46. The van der Waals surface area contributed by atoms with E-state index in [4.69, 9.17) is 28.6 Å². The van der Waals surface area contributed by atoms with Crippen LogP contribution in [0.15, 0.2) is 48.5 Å². The van der Waals surface area contributed by atoms with E-state index in [0.717, 1.165) is 5.56 Å². The summed E-state index contributed by atoms with van der Waals surface area (Å²) in [5.74, 6) is -0.765. The highest BCUT2D eigenvalue weighted by Crippen LogP contribution is 2.20. The fourth-order valence-electron chi connectivity index (χ4n) is 2.17. The highest BCUT2D eigenvalue weighted by molar-refractivity contribution is 7.80. The maximum absolute atomic E-state index is 11.9. The second kappa shape index (κ2) is 11.7. The number of aryl methyl sites for hydroxylation is 1. The zero-order valence-corrected chi connectivity index (χ0v) is 17.7. The summed E-state index contributed by atoms with van der Waals surface area (Å²) in [6.45, 7) is 1.71. The van der Waals surface area contributed by atoms with Crippen molar-refractivity contribution in [3.05, 3.63) is 59.1 Å². The molecule has 0 radical (unpaired) electrons. The lowest BCUT2D eigenvalue weighted by atomic mass is 10.2. The van der Waals surface area contributed by atoms with Crippen LogP contribution in [0.2, 0.25) is 5.02 Å². The van der Waals surface area contributed by atoms with Gasteiger partial charge in [-0.1, -0.05) is 41.4 Å². The molecule has 2 aromatic carbocycles. The van der Waals surface area contributed by atoms with Crippen molar-refractivity contribution in [2.24, 2.45) is 0 Å². The van der Waals surface area contributed by atoms with Gasteiger partial charge in [0.25, 0.3) is 5.91 Å². The number of benzene rings is 2. The molecule has 0 saturated carbocycles. The van der Waals surface area contributed by atoms with E-state index >= 15 is 0 Å². The van der Waals surface area contributed by atoms with Crippen LogP contribution in [0, 0.1) is 6.92 Å². The monoisotopic (exact) mass is 448 g/mol. The molecule has 2 rings (SSSR count). The zero-order chi connectivity index (χ0) is 21.9. The molecule has 0 atom stereocenters. The molecular formula is C20H21ClN4O4S. The first-order valence-electron chi connectivity index (χ1n) is 8.96. The number of hydrogen-bond acceptors (Lipinski definition) is 5. The van der Waals surface area contributed by atoms with Crippen molar-refractivity contribution in [1.82, 2.24) is 16.2 Å². The predicted octanol–water partition coefficient (Wildman–Crippen LogP) is 2.47. The van der Waals surface area contributed by atoms with Gasteiger partial charge in [-0.3, -0.25) is 30.6 Å². The van der Waals surface area contributed by atoms with Crippen LogP contribution in [0.1, 0.15) is 18.4 Å². The second-order valence-corrected chi connectivity index (χ2v) is 7.00. The second-order valence-electron chi connectivity index (χ2n) is 6.18. The molecule has 4 N–H and O–H groups in total. The number of carbonyl (C=O) groups is 3. The van der Waals surface area contributed by atoms with Gasteiger partial charge in [0.15, 0.2) is 11.7 Å². The van der Waals surface area contributed by atoms with Gasteiger partial charge < -0.3 is 10.1 Å². The Morgan fingerprint density at radius 1 is 0.933 bits per heavy atom. The van der Waals surface area contributed by atoms with E-state index in [-0.39, 0.29) is 30.5 Å². The van der Waals surface area contributed by atoms with E-state index in [1.54, 1.807) is 36.4 Å². The fraction of sp³-hybridized carbons (Fsp3) is 0.200. The Morgan fingerprint density at radius 2 is 1.60 bits per heavy atom. The van der Waals surface area contributed by atoms with Crippen molar-refractivity contribution >= 4 is 52.3 Å². The first-order chi connectivity index (χ1) is 14.3. The van der Waals surface area contributed by atoms with Crippen LogP contribution in [0.4, 0.5) is 5.69 Å². The molecule has 0 spiro atoms.